The molecule has 4 N–H and O–H groups in total. The summed E-state index contributed by atoms with van der Waals surface area (Å²) in [5, 5.41) is 22.2. The summed E-state index contributed by atoms with van der Waals surface area (Å²) in [7, 11) is 0. The smallest absolute Gasteiger partial charge is 0.247 e. The summed E-state index contributed by atoms with van der Waals surface area (Å²) in [4.78, 5) is 24.8. The second-order valence-corrected chi connectivity index (χ2v) is 8.65. The van der Waals surface area contributed by atoms with Gasteiger partial charge in [-0.25, -0.2) is 14.4 Å². The molecule has 190 valence electrons. The van der Waals surface area contributed by atoms with E-state index < -0.39 is 0 Å². The first kappa shape index (κ1) is 24.3. The lowest BCUT2D eigenvalue weighted by atomic mass is 10.1. The third-order valence-electron chi connectivity index (χ3n) is 6.22. The van der Waals surface area contributed by atoms with E-state index >= 15 is 0 Å². The monoisotopic (exact) mass is 502 g/mol. The van der Waals surface area contributed by atoms with Crippen molar-refractivity contribution in [2.45, 2.75) is 0 Å². The molecule has 0 unspecified atom stereocenters. The number of hydrogen-bond donors (Lipinski definition) is 4. The fourth-order valence-corrected chi connectivity index (χ4v) is 4.34. The number of carbonyl (C=O) groups excluding carboxylic acids is 1. The molecule has 1 fully saturated rings. The minimum Gasteiger partial charge on any atom is -0.395 e. The number of piperazine rings is 1. The van der Waals surface area contributed by atoms with Crippen LogP contribution in [0, 0.1) is 5.82 Å². The summed E-state index contributed by atoms with van der Waals surface area (Å²) in [5.41, 5.74) is 4.26. The van der Waals surface area contributed by atoms with E-state index in [1.165, 1.54) is 12.1 Å². The molecule has 1 aliphatic rings. The van der Waals surface area contributed by atoms with Crippen molar-refractivity contribution in [3.8, 4) is 11.3 Å². The molecule has 37 heavy (non-hydrogen) atoms. The Kier molecular flexibility index (Phi) is 7.06. The maximum Gasteiger partial charge on any atom is 0.247 e. The van der Waals surface area contributed by atoms with Gasteiger partial charge in [0.05, 0.1) is 18.5 Å². The third-order valence-corrected chi connectivity index (χ3v) is 6.22. The first-order chi connectivity index (χ1) is 18.0. The number of aliphatic hydroxyl groups excluding tert-OH is 1. The van der Waals surface area contributed by atoms with Gasteiger partial charge in [0.15, 0.2) is 0 Å². The highest BCUT2D eigenvalue weighted by atomic mass is 19.1. The SMILES string of the molecule is C=CC(=O)Nc1cccc(-c2n[nH]c3cnc(Nc4ccc(N5CCN(CCO)CC5)c(F)c4)nc23)c1. The fraction of sp³-hybridized carbons (Fsp3) is 0.231. The Morgan fingerprint density at radius 1 is 1.16 bits per heavy atom. The number of amides is 1. The summed E-state index contributed by atoms with van der Waals surface area (Å²) in [5.74, 6) is -0.333. The van der Waals surface area contributed by atoms with Gasteiger partial charge in [-0.05, 0) is 36.4 Å². The molecule has 0 aliphatic carbocycles. The Morgan fingerprint density at radius 2 is 2.00 bits per heavy atom. The summed E-state index contributed by atoms with van der Waals surface area (Å²) in [6, 6.07) is 12.2. The summed E-state index contributed by atoms with van der Waals surface area (Å²) >= 11 is 0. The number of aliphatic hydroxyl groups is 1. The van der Waals surface area contributed by atoms with Crippen molar-refractivity contribution in [3.63, 3.8) is 0 Å². The quantitative estimate of drug-likeness (QED) is 0.271. The Hall–Kier alpha value is -4.35. The molecule has 0 radical (unpaired) electrons. The van der Waals surface area contributed by atoms with Gasteiger partial charge in [0, 0.05) is 49.7 Å². The molecule has 0 bridgehead atoms. The van der Waals surface area contributed by atoms with Gasteiger partial charge in [0.2, 0.25) is 11.9 Å². The van der Waals surface area contributed by atoms with E-state index in [0.717, 1.165) is 18.7 Å². The Morgan fingerprint density at radius 3 is 2.76 bits per heavy atom. The van der Waals surface area contributed by atoms with Gasteiger partial charge < -0.3 is 20.6 Å². The van der Waals surface area contributed by atoms with E-state index in [0.29, 0.717) is 59.4 Å². The zero-order valence-corrected chi connectivity index (χ0v) is 20.1. The molecule has 1 amide bonds. The number of aromatic nitrogens is 4. The van der Waals surface area contributed by atoms with Crippen LogP contribution in [-0.2, 0) is 4.79 Å². The number of nitrogens with zero attached hydrogens (tertiary/aromatic N) is 5. The highest BCUT2D eigenvalue weighted by molar-refractivity contribution is 5.99. The zero-order valence-electron chi connectivity index (χ0n) is 20.1. The van der Waals surface area contributed by atoms with E-state index in [1.54, 1.807) is 30.5 Å². The fourth-order valence-electron chi connectivity index (χ4n) is 4.34. The number of anilines is 4. The van der Waals surface area contributed by atoms with Crippen LogP contribution < -0.4 is 15.5 Å². The molecule has 3 heterocycles. The molecule has 2 aromatic heterocycles. The van der Waals surface area contributed by atoms with Crippen molar-refractivity contribution in [2.24, 2.45) is 0 Å². The van der Waals surface area contributed by atoms with E-state index in [1.807, 2.05) is 17.0 Å². The first-order valence-corrected chi connectivity index (χ1v) is 11.9. The van der Waals surface area contributed by atoms with Crippen molar-refractivity contribution in [3.05, 3.63) is 67.1 Å². The highest BCUT2D eigenvalue weighted by Gasteiger charge is 2.19. The summed E-state index contributed by atoms with van der Waals surface area (Å²) in [6.07, 6.45) is 2.82. The topological polar surface area (TPSA) is 122 Å². The molecule has 1 saturated heterocycles. The largest absolute Gasteiger partial charge is 0.395 e. The average molecular weight is 503 g/mol. The Balaban J connectivity index is 1.34. The lowest BCUT2D eigenvalue weighted by molar-refractivity contribution is -0.111. The molecule has 0 atom stereocenters. The van der Waals surface area contributed by atoms with Gasteiger partial charge in [-0.15, -0.1) is 0 Å². The van der Waals surface area contributed by atoms with Crippen LogP contribution in [0.1, 0.15) is 0 Å². The van der Waals surface area contributed by atoms with E-state index in [2.05, 4.69) is 42.3 Å². The number of fused-ring (bicyclic) bond motifs is 1. The Labute approximate surface area is 212 Å². The van der Waals surface area contributed by atoms with Crippen LogP contribution in [0.25, 0.3) is 22.3 Å². The third kappa shape index (κ3) is 5.42. The summed E-state index contributed by atoms with van der Waals surface area (Å²) < 4.78 is 15.0. The molecule has 2 aromatic carbocycles. The summed E-state index contributed by atoms with van der Waals surface area (Å²) in [6.45, 7) is 7.20. The number of nitrogens with one attached hydrogen (secondary N) is 3. The maximum absolute atomic E-state index is 15.0. The number of carbonyl (C=O) groups is 1. The number of rotatable bonds is 8. The van der Waals surface area contributed by atoms with E-state index in [4.69, 9.17) is 5.11 Å². The number of hydrogen-bond acceptors (Lipinski definition) is 8. The molecular weight excluding hydrogens is 475 g/mol. The van der Waals surface area contributed by atoms with Gasteiger partial charge >= 0.3 is 0 Å². The highest BCUT2D eigenvalue weighted by Crippen LogP contribution is 2.29. The van der Waals surface area contributed by atoms with Gasteiger partial charge in [-0.2, -0.15) is 5.10 Å². The number of β-amino-alcohol motifs (C(OH)–C–C–N with tert-alkyl or cyclic N) is 1. The van der Waals surface area contributed by atoms with Gasteiger partial charge in [-0.3, -0.25) is 14.8 Å². The molecule has 10 nitrogen and oxygen atoms in total. The van der Waals surface area contributed by atoms with E-state index in [-0.39, 0.29) is 18.3 Å². The molecule has 4 aromatic rings. The molecular formula is C26H27FN8O2. The first-order valence-electron chi connectivity index (χ1n) is 11.9. The average Bonchev–Trinajstić information content (AvgIpc) is 3.33. The molecule has 0 saturated carbocycles. The van der Waals surface area contributed by atoms with Crippen LogP contribution in [0.5, 0.6) is 0 Å². The minimum atomic E-state index is -0.330. The maximum atomic E-state index is 15.0. The number of H-pyrrole nitrogens is 1. The van der Waals surface area contributed by atoms with Crippen LogP contribution >= 0.6 is 0 Å². The van der Waals surface area contributed by atoms with Crippen LogP contribution in [0.3, 0.4) is 0 Å². The number of aromatic amines is 1. The molecule has 0 spiro atoms. The van der Waals surface area contributed by atoms with Crippen LogP contribution in [-0.4, -0.2) is 75.4 Å². The number of halogens is 1. The molecule has 5 rings (SSSR count). The van der Waals surface area contributed by atoms with Crippen molar-refractivity contribution in [2.75, 3.05) is 54.9 Å². The van der Waals surface area contributed by atoms with Crippen molar-refractivity contribution in [1.82, 2.24) is 25.1 Å². The van der Waals surface area contributed by atoms with Gasteiger partial charge in [0.25, 0.3) is 0 Å². The van der Waals surface area contributed by atoms with Crippen LogP contribution in [0.2, 0.25) is 0 Å². The van der Waals surface area contributed by atoms with E-state index in [9.17, 15) is 9.18 Å². The Bertz CT molecular complexity index is 1430. The standard InChI is InChI=1S/C26H27FN8O2/c1-2-23(37)29-18-5-3-4-17(14-18)24-25-21(32-33-24)16-28-26(31-25)30-19-6-7-22(20(27)15-19)35-10-8-34(9-11-35)12-13-36/h2-7,14-16,36H,1,8-13H2,(H,29,37)(H,32,33)(H,28,30,31). The van der Waals surface area contributed by atoms with Crippen molar-refractivity contribution in [1.29, 1.82) is 0 Å². The number of benzene rings is 2. The van der Waals surface area contributed by atoms with Crippen LogP contribution in [0.15, 0.2) is 61.3 Å². The lowest BCUT2D eigenvalue weighted by Gasteiger charge is -2.36. The second-order valence-electron chi connectivity index (χ2n) is 8.65. The predicted octanol–water partition coefficient (Wildman–Crippen LogP) is 3.14. The second kappa shape index (κ2) is 10.7. The molecule has 11 heteroatoms. The van der Waals surface area contributed by atoms with Crippen molar-refractivity contribution >= 4 is 40.0 Å². The van der Waals surface area contributed by atoms with Gasteiger partial charge in [-0.1, -0.05) is 18.7 Å². The van der Waals surface area contributed by atoms with Gasteiger partial charge in [0.1, 0.15) is 22.5 Å². The normalized spacial score (nSPS) is 14.1. The molecule has 1 aliphatic heterocycles. The predicted molar refractivity (Wildman–Crippen MR) is 141 cm³/mol. The lowest BCUT2D eigenvalue weighted by Crippen LogP contribution is -2.47. The van der Waals surface area contributed by atoms with Crippen LogP contribution in [0.4, 0.5) is 27.4 Å². The van der Waals surface area contributed by atoms with Crippen molar-refractivity contribution < 1.29 is 14.3 Å². The zero-order chi connectivity index (χ0) is 25.8. The minimum absolute atomic E-state index is 0.128.